The number of aromatic nitrogens is 2. The summed E-state index contributed by atoms with van der Waals surface area (Å²) < 4.78 is 15.3. The predicted octanol–water partition coefficient (Wildman–Crippen LogP) is 4.91. The molecule has 1 aliphatic carbocycles. The van der Waals surface area contributed by atoms with Crippen molar-refractivity contribution in [3.63, 3.8) is 0 Å². The molecule has 1 unspecified atom stereocenters. The SMILES string of the molecule is Cn1ccnc1C(NC(=O)c1cc2c(s1)-c1ccccc1CC2)c1ccc(F)cc1. The Morgan fingerprint density at radius 3 is 2.67 bits per heavy atom. The van der Waals surface area contributed by atoms with Gasteiger partial charge in [0.05, 0.1) is 4.88 Å². The Kier molecular flexibility index (Phi) is 4.71. The van der Waals surface area contributed by atoms with Crippen LogP contribution in [0.5, 0.6) is 0 Å². The van der Waals surface area contributed by atoms with E-state index in [1.165, 1.54) is 45.0 Å². The van der Waals surface area contributed by atoms with Gasteiger partial charge in [-0.25, -0.2) is 9.37 Å². The normalized spacial score (nSPS) is 13.4. The van der Waals surface area contributed by atoms with Crippen LogP contribution in [0, 0.1) is 5.82 Å². The summed E-state index contributed by atoms with van der Waals surface area (Å²) in [6.07, 6.45) is 5.46. The smallest absolute Gasteiger partial charge is 0.262 e. The number of nitrogens with one attached hydrogen (secondary N) is 1. The van der Waals surface area contributed by atoms with Gasteiger partial charge in [-0.1, -0.05) is 36.4 Å². The highest BCUT2D eigenvalue weighted by Gasteiger charge is 2.25. The number of benzene rings is 2. The Morgan fingerprint density at radius 1 is 1.13 bits per heavy atom. The van der Waals surface area contributed by atoms with E-state index < -0.39 is 6.04 Å². The lowest BCUT2D eigenvalue weighted by Crippen LogP contribution is -2.30. The first-order valence-electron chi connectivity index (χ1n) is 9.84. The molecule has 4 aromatic rings. The fourth-order valence-electron chi connectivity index (χ4n) is 3.99. The molecule has 1 aliphatic rings. The van der Waals surface area contributed by atoms with Crippen LogP contribution in [0.1, 0.15) is 38.2 Å². The topological polar surface area (TPSA) is 46.9 Å². The highest BCUT2D eigenvalue weighted by atomic mass is 32.1. The second-order valence-electron chi connectivity index (χ2n) is 7.48. The lowest BCUT2D eigenvalue weighted by atomic mass is 9.91. The van der Waals surface area contributed by atoms with Crippen LogP contribution in [0.15, 0.2) is 67.0 Å². The van der Waals surface area contributed by atoms with Crippen molar-refractivity contribution in [2.45, 2.75) is 18.9 Å². The number of aryl methyl sites for hydroxylation is 3. The molecule has 0 radical (unpaired) electrons. The van der Waals surface area contributed by atoms with Crippen molar-refractivity contribution in [2.75, 3.05) is 0 Å². The van der Waals surface area contributed by atoms with E-state index in [2.05, 4.69) is 28.5 Å². The molecule has 0 bridgehead atoms. The molecule has 4 nitrogen and oxygen atoms in total. The van der Waals surface area contributed by atoms with E-state index >= 15 is 0 Å². The molecular formula is C24H20FN3OS. The van der Waals surface area contributed by atoms with Crippen molar-refractivity contribution in [1.82, 2.24) is 14.9 Å². The molecular weight excluding hydrogens is 397 g/mol. The maximum atomic E-state index is 13.4. The van der Waals surface area contributed by atoms with Crippen molar-refractivity contribution in [1.29, 1.82) is 0 Å². The van der Waals surface area contributed by atoms with Crippen molar-refractivity contribution >= 4 is 17.2 Å². The lowest BCUT2D eigenvalue weighted by molar-refractivity contribution is 0.0945. The molecule has 0 spiro atoms. The van der Waals surface area contributed by atoms with E-state index in [4.69, 9.17) is 0 Å². The first-order valence-corrected chi connectivity index (χ1v) is 10.7. The Labute approximate surface area is 178 Å². The molecule has 0 fully saturated rings. The van der Waals surface area contributed by atoms with Crippen molar-refractivity contribution < 1.29 is 9.18 Å². The van der Waals surface area contributed by atoms with Crippen LogP contribution in [0.25, 0.3) is 10.4 Å². The maximum absolute atomic E-state index is 13.4. The number of carbonyl (C=O) groups excluding carboxylic acids is 1. The molecule has 2 aromatic heterocycles. The van der Waals surface area contributed by atoms with Gasteiger partial charge in [-0.3, -0.25) is 4.79 Å². The second kappa shape index (κ2) is 7.54. The molecule has 1 atom stereocenters. The van der Waals surface area contributed by atoms with Crippen LogP contribution < -0.4 is 5.32 Å². The summed E-state index contributed by atoms with van der Waals surface area (Å²) in [5, 5.41) is 3.11. The molecule has 1 amide bonds. The second-order valence-corrected chi connectivity index (χ2v) is 8.53. The Hall–Kier alpha value is -3.25. The largest absolute Gasteiger partial charge is 0.337 e. The highest BCUT2D eigenvalue weighted by molar-refractivity contribution is 7.17. The van der Waals surface area contributed by atoms with E-state index in [-0.39, 0.29) is 11.7 Å². The third kappa shape index (κ3) is 3.33. The van der Waals surface area contributed by atoms with Gasteiger partial charge in [0.1, 0.15) is 17.7 Å². The quantitative estimate of drug-likeness (QED) is 0.513. The summed E-state index contributed by atoms with van der Waals surface area (Å²) in [5.74, 6) is 0.235. The number of hydrogen-bond acceptors (Lipinski definition) is 3. The zero-order valence-corrected chi connectivity index (χ0v) is 17.2. The van der Waals surface area contributed by atoms with Crippen LogP contribution in [0.4, 0.5) is 4.39 Å². The third-order valence-electron chi connectivity index (χ3n) is 5.55. The highest BCUT2D eigenvalue weighted by Crippen LogP contribution is 2.39. The van der Waals surface area contributed by atoms with Gasteiger partial charge in [0, 0.05) is 24.3 Å². The Bertz CT molecular complexity index is 1230. The number of thiophene rings is 1. The molecule has 0 saturated heterocycles. The first-order chi connectivity index (χ1) is 14.6. The summed E-state index contributed by atoms with van der Waals surface area (Å²) >= 11 is 1.53. The van der Waals surface area contributed by atoms with Gasteiger partial charge in [0.15, 0.2) is 0 Å². The van der Waals surface area contributed by atoms with E-state index in [1.807, 2.05) is 29.9 Å². The molecule has 0 aliphatic heterocycles. The van der Waals surface area contributed by atoms with E-state index in [0.29, 0.717) is 10.7 Å². The van der Waals surface area contributed by atoms with Crippen LogP contribution in [-0.4, -0.2) is 15.5 Å². The molecule has 6 heteroatoms. The number of halogens is 1. The lowest BCUT2D eigenvalue weighted by Gasteiger charge is -2.19. The van der Waals surface area contributed by atoms with Gasteiger partial charge in [-0.2, -0.15) is 0 Å². The number of nitrogens with zero attached hydrogens (tertiary/aromatic N) is 2. The van der Waals surface area contributed by atoms with Crippen LogP contribution in [0.3, 0.4) is 0 Å². The van der Waals surface area contributed by atoms with Crippen LogP contribution >= 0.6 is 11.3 Å². The van der Waals surface area contributed by atoms with Gasteiger partial charge in [-0.05, 0) is 53.3 Å². The standard InChI is InChI=1S/C24H20FN3OS/c1-28-13-12-26-23(28)21(16-8-10-18(25)11-9-16)27-24(29)20-14-17-7-6-15-4-2-3-5-19(15)22(17)30-20/h2-5,8-14,21H,6-7H2,1H3,(H,27,29). The number of imidazole rings is 1. The van der Waals surface area contributed by atoms with Gasteiger partial charge in [0.25, 0.3) is 5.91 Å². The van der Waals surface area contributed by atoms with Gasteiger partial charge < -0.3 is 9.88 Å². The van der Waals surface area contributed by atoms with E-state index in [0.717, 1.165) is 18.4 Å². The maximum Gasteiger partial charge on any atom is 0.262 e. The number of hydrogen-bond donors (Lipinski definition) is 1. The van der Waals surface area contributed by atoms with E-state index in [9.17, 15) is 9.18 Å². The van der Waals surface area contributed by atoms with Gasteiger partial charge in [0.2, 0.25) is 0 Å². The summed E-state index contributed by atoms with van der Waals surface area (Å²) in [4.78, 5) is 19.5. The minimum Gasteiger partial charge on any atom is -0.337 e. The van der Waals surface area contributed by atoms with Crippen molar-refractivity contribution in [3.8, 4) is 10.4 Å². The molecule has 1 N–H and O–H groups in total. The molecule has 2 heterocycles. The van der Waals surface area contributed by atoms with Gasteiger partial charge >= 0.3 is 0 Å². The average molecular weight is 418 g/mol. The average Bonchev–Trinajstić information content (AvgIpc) is 3.39. The summed E-state index contributed by atoms with van der Waals surface area (Å²) in [6, 6.07) is 16.1. The molecule has 0 saturated carbocycles. The van der Waals surface area contributed by atoms with E-state index in [1.54, 1.807) is 18.3 Å². The summed E-state index contributed by atoms with van der Waals surface area (Å²) in [5.41, 5.74) is 4.56. The molecule has 2 aromatic carbocycles. The number of rotatable bonds is 4. The minimum absolute atomic E-state index is 0.149. The summed E-state index contributed by atoms with van der Waals surface area (Å²) in [6.45, 7) is 0. The fraction of sp³-hybridized carbons (Fsp3) is 0.167. The fourth-order valence-corrected chi connectivity index (χ4v) is 5.17. The predicted molar refractivity (Wildman–Crippen MR) is 116 cm³/mol. The first kappa shape index (κ1) is 18.8. The molecule has 30 heavy (non-hydrogen) atoms. The molecule has 5 rings (SSSR count). The third-order valence-corrected chi connectivity index (χ3v) is 6.76. The van der Waals surface area contributed by atoms with Gasteiger partial charge in [-0.15, -0.1) is 11.3 Å². The van der Waals surface area contributed by atoms with Crippen molar-refractivity contribution in [3.05, 3.63) is 100 Å². The van der Waals surface area contributed by atoms with Crippen molar-refractivity contribution in [2.24, 2.45) is 7.05 Å². The number of fused-ring (bicyclic) bond motifs is 3. The van der Waals surface area contributed by atoms with Crippen LogP contribution in [0.2, 0.25) is 0 Å². The number of carbonyl (C=O) groups is 1. The Balaban J connectivity index is 1.48. The zero-order valence-electron chi connectivity index (χ0n) is 16.4. The minimum atomic E-state index is -0.468. The number of amides is 1. The Morgan fingerprint density at radius 2 is 1.90 bits per heavy atom. The zero-order chi connectivity index (χ0) is 20.7. The summed E-state index contributed by atoms with van der Waals surface area (Å²) in [7, 11) is 1.88. The molecule has 150 valence electrons. The van der Waals surface area contributed by atoms with Crippen LogP contribution in [-0.2, 0) is 19.9 Å². The monoisotopic (exact) mass is 417 g/mol.